The summed E-state index contributed by atoms with van der Waals surface area (Å²) in [6.45, 7) is 14.2. The van der Waals surface area contributed by atoms with E-state index in [2.05, 4.69) is 81.8 Å². The Hall–Kier alpha value is -1.58. The van der Waals surface area contributed by atoms with E-state index in [1.165, 1.54) is 28.1 Å². The van der Waals surface area contributed by atoms with Gasteiger partial charge in [0.05, 0.1) is 24.5 Å². The Morgan fingerprint density at radius 2 is 2.19 bits per heavy atom. The second-order valence-electron chi connectivity index (χ2n) is 7.61. The molecule has 1 fully saturated rings. The topological polar surface area (TPSA) is 24.8 Å². The van der Waals surface area contributed by atoms with Crippen LogP contribution in [0.5, 0.6) is 0 Å². The number of halogens is 1. The first-order chi connectivity index (χ1) is 12.3. The molecule has 0 aromatic rings. The number of likely N-dealkylation sites (tertiary alicyclic amines) is 1. The second-order valence-corrected chi connectivity index (χ2v) is 7.83. The van der Waals surface area contributed by atoms with Crippen molar-refractivity contribution in [1.29, 1.82) is 0 Å². The highest BCUT2D eigenvalue weighted by atomic mass is 35.5. The molecule has 3 nitrogen and oxygen atoms in total. The van der Waals surface area contributed by atoms with E-state index in [1.807, 2.05) is 6.21 Å². The number of aliphatic imine (C=N–C) groups is 1. The minimum Gasteiger partial charge on any atom is -0.340 e. The summed E-state index contributed by atoms with van der Waals surface area (Å²) in [7, 11) is 0. The summed E-state index contributed by atoms with van der Waals surface area (Å²) in [4.78, 5) is 6.93. The standard InChI is InChI=1S/C22H31ClN2O/c1-7-8-9-10-20-21(16(2)3)22(6,15-26-23)14-25(20)19-11-12-24-18(5)13-17(19)4/h7-8,10-13,18H,9,14-15H2,1-6H3/b8-7-,20-10?. The average molecular weight is 375 g/mol. The molecule has 0 aromatic heterocycles. The molecular formula is C22H31ClN2O. The smallest absolute Gasteiger partial charge is 0.0794 e. The van der Waals surface area contributed by atoms with Crippen molar-refractivity contribution in [2.45, 2.75) is 54.0 Å². The molecule has 0 spiro atoms. The first-order valence-corrected chi connectivity index (χ1v) is 9.58. The van der Waals surface area contributed by atoms with Gasteiger partial charge >= 0.3 is 0 Å². The van der Waals surface area contributed by atoms with Crippen LogP contribution in [0.2, 0.25) is 0 Å². The maximum atomic E-state index is 5.70. The monoisotopic (exact) mass is 374 g/mol. The van der Waals surface area contributed by atoms with Gasteiger partial charge in [-0.2, -0.15) is 0 Å². The maximum absolute atomic E-state index is 5.70. The molecule has 0 radical (unpaired) electrons. The van der Waals surface area contributed by atoms with Crippen molar-refractivity contribution in [2.24, 2.45) is 10.4 Å². The third-order valence-corrected chi connectivity index (χ3v) is 5.06. The van der Waals surface area contributed by atoms with Crippen molar-refractivity contribution in [2.75, 3.05) is 13.2 Å². The van der Waals surface area contributed by atoms with Gasteiger partial charge in [0.1, 0.15) is 0 Å². The fraction of sp³-hybridized carbons (Fsp3) is 0.500. The van der Waals surface area contributed by atoms with E-state index in [0.717, 1.165) is 13.0 Å². The second kappa shape index (κ2) is 8.88. The van der Waals surface area contributed by atoms with Gasteiger partial charge in [-0.3, -0.25) is 9.28 Å². The van der Waals surface area contributed by atoms with Gasteiger partial charge in [-0.25, -0.2) is 0 Å². The quantitative estimate of drug-likeness (QED) is 0.554. The average Bonchev–Trinajstić information content (AvgIpc) is 2.72. The molecule has 2 aliphatic heterocycles. The SMILES string of the molecule is C/C=C\CC=C1C(=C(C)C)C(C)(COCl)CN1C1=CC=NC(C)C=C1C. The van der Waals surface area contributed by atoms with Crippen molar-refractivity contribution >= 4 is 18.1 Å². The van der Waals surface area contributed by atoms with Gasteiger partial charge in [0, 0.05) is 29.6 Å². The summed E-state index contributed by atoms with van der Waals surface area (Å²) in [5.41, 5.74) is 6.16. The van der Waals surface area contributed by atoms with Crippen LogP contribution in [0.25, 0.3) is 0 Å². The van der Waals surface area contributed by atoms with Crippen LogP contribution in [0.4, 0.5) is 0 Å². The Labute approximate surface area is 163 Å². The summed E-state index contributed by atoms with van der Waals surface area (Å²) in [5.74, 6) is 0. The van der Waals surface area contributed by atoms with Gasteiger partial charge in [0.25, 0.3) is 0 Å². The lowest BCUT2D eigenvalue weighted by Crippen LogP contribution is -2.28. The van der Waals surface area contributed by atoms with Crippen LogP contribution >= 0.6 is 11.9 Å². The number of hydrogen-bond donors (Lipinski definition) is 0. The Bertz CT molecular complexity index is 708. The predicted molar refractivity (Wildman–Crippen MR) is 112 cm³/mol. The zero-order chi connectivity index (χ0) is 19.3. The number of nitrogens with zero attached hydrogens (tertiary/aromatic N) is 2. The summed E-state index contributed by atoms with van der Waals surface area (Å²) in [6.07, 6.45) is 13.7. The predicted octanol–water partition coefficient (Wildman–Crippen LogP) is 5.97. The molecule has 2 rings (SSSR count). The molecule has 2 aliphatic rings. The minimum absolute atomic E-state index is 0.154. The first-order valence-electron chi connectivity index (χ1n) is 9.27. The molecule has 26 heavy (non-hydrogen) atoms. The van der Waals surface area contributed by atoms with Gasteiger partial charge < -0.3 is 4.90 Å². The van der Waals surface area contributed by atoms with Crippen LogP contribution in [-0.2, 0) is 4.29 Å². The maximum Gasteiger partial charge on any atom is 0.0794 e. The highest BCUT2D eigenvalue weighted by molar-refractivity contribution is 6.07. The van der Waals surface area contributed by atoms with E-state index in [9.17, 15) is 0 Å². The molecule has 0 aromatic carbocycles. The zero-order valence-electron chi connectivity index (χ0n) is 16.8. The van der Waals surface area contributed by atoms with Crippen molar-refractivity contribution in [3.05, 3.63) is 58.5 Å². The summed E-state index contributed by atoms with van der Waals surface area (Å²) in [5, 5.41) is 0. The fourth-order valence-electron chi connectivity index (χ4n) is 3.97. The molecule has 2 unspecified atom stereocenters. The lowest BCUT2D eigenvalue weighted by Gasteiger charge is -2.26. The van der Waals surface area contributed by atoms with Crippen LogP contribution in [0.15, 0.2) is 63.5 Å². The molecule has 0 bridgehead atoms. The van der Waals surface area contributed by atoms with Gasteiger partial charge in [-0.1, -0.05) is 36.8 Å². The molecular weight excluding hydrogens is 344 g/mol. The third-order valence-electron chi connectivity index (χ3n) is 4.95. The molecule has 142 valence electrons. The van der Waals surface area contributed by atoms with Crippen molar-refractivity contribution < 1.29 is 4.29 Å². The lowest BCUT2D eigenvalue weighted by atomic mass is 9.82. The van der Waals surface area contributed by atoms with Gasteiger partial charge in [0.15, 0.2) is 0 Å². The van der Waals surface area contributed by atoms with Crippen molar-refractivity contribution in [3.8, 4) is 0 Å². The molecule has 0 aliphatic carbocycles. The van der Waals surface area contributed by atoms with Crippen LogP contribution in [0.3, 0.4) is 0 Å². The lowest BCUT2D eigenvalue weighted by molar-refractivity contribution is 0.207. The number of rotatable bonds is 5. The summed E-state index contributed by atoms with van der Waals surface area (Å²) < 4.78 is 5.10. The van der Waals surface area contributed by atoms with Crippen LogP contribution in [-0.4, -0.2) is 30.3 Å². The van der Waals surface area contributed by atoms with Crippen LogP contribution in [0.1, 0.15) is 48.0 Å². The molecule has 0 N–H and O–H groups in total. The normalized spacial score (nSPS) is 28.0. The molecule has 2 heterocycles. The van der Waals surface area contributed by atoms with E-state index in [1.54, 1.807) is 0 Å². The Balaban J connectivity index is 2.57. The summed E-state index contributed by atoms with van der Waals surface area (Å²) >= 11 is 5.70. The molecule has 0 amide bonds. The fourth-order valence-corrected chi connectivity index (χ4v) is 4.21. The Kier molecular flexibility index (Phi) is 7.08. The highest BCUT2D eigenvalue weighted by Gasteiger charge is 2.43. The number of allylic oxidation sites excluding steroid dienone is 7. The van der Waals surface area contributed by atoms with Gasteiger partial charge in [-0.15, -0.1) is 0 Å². The van der Waals surface area contributed by atoms with E-state index < -0.39 is 0 Å². The largest absolute Gasteiger partial charge is 0.340 e. The Morgan fingerprint density at radius 1 is 1.46 bits per heavy atom. The van der Waals surface area contributed by atoms with E-state index in [0.29, 0.717) is 6.61 Å². The van der Waals surface area contributed by atoms with Crippen molar-refractivity contribution in [1.82, 2.24) is 4.90 Å². The molecule has 2 atom stereocenters. The van der Waals surface area contributed by atoms with Gasteiger partial charge in [-0.05, 0) is 58.3 Å². The van der Waals surface area contributed by atoms with Crippen LogP contribution < -0.4 is 0 Å². The van der Waals surface area contributed by atoms with E-state index >= 15 is 0 Å². The molecule has 1 saturated heterocycles. The highest BCUT2D eigenvalue weighted by Crippen LogP contribution is 2.47. The van der Waals surface area contributed by atoms with E-state index in [4.69, 9.17) is 16.2 Å². The summed E-state index contributed by atoms with van der Waals surface area (Å²) in [6, 6.07) is 0.197. The van der Waals surface area contributed by atoms with E-state index in [-0.39, 0.29) is 11.5 Å². The van der Waals surface area contributed by atoms with Gasteiger partial charge in [0.2, 0.25) is 0 Å². The minimum atomic E-state index is -0.154. The molecule has 0 saturated carbocycles. The first kappa shape index (κ1) is 20.7. The van der Waals surface area contributed by atoms with Crippen LogP contribution in [0, 0.1) is 5.41 Å². The zero-order valence-corrected chi connectivity index (χ0v) is 17.6. The number of hydrogen-bond acceptors (Lipinski definition) is 3. The van der Waals surface area contributed by atoms with Crippen molar-refractivity contribution in [3.63, 3.8) is 0 Å². The molecule has 4 heteroatoms. The third kappa shape index (κ3) is 4.39. The Morgan fingerprint density at radius 3 is 2.81 bits per heavy atom.